The van der Waals surface area contributed by atoms with E-state index >= 15 is 0 Å². The number of aromatic amines is 1. The molecule has 0 aliphatic carbocycles. The van der Waals surface area contributed by atoms with Crippen LogP contribution in [0.2, 0.25) is 10.0 Å². The molecular weight excluding hydrogens is 439 g/mol. The first kappa shape index (κ1) is 20.8. The van der Waals surface area contributed by atoms with E-state index in [-0.39, 0.29) is 21.1 Å². The number of halogens is 2. The number of H-pyrrole nitrogens is 1. The summed E-state index contributed by atoms with van der Waals surface area (Å²) < 4.78 is 4.74. The number of carbonyl (C=O) groups excluding carboxylic acids is 3. The number of anilines is 1. The number of nitrogens with zero attached hydrogens (tertiary/aromatic N) is 1. The molecule has 8 nitrogen and oxygen atoms in total. The van der Waals surface area contributed by atoms with Crippen molar-refractivity contribution in [2.45, 2.75) is 6.92 Å². The number of nitrogens with two attached hydrogens (primary N) is 1. The third kappa shape index (κ3) is 4.12. The summed E-state index contributed by atoms with van der Waals surface area (Å²) in [4.78, 5) is 36.5. The zero-order valence-corrected chi connectivity index (χ0v) is 17.5. The predicted octanol–water partition coefficient (Wildman–Crippen LogP) is 3.89. The molecule has 3 aromatic rings. The van der Waals surface area contributed by atoms with E-state index in [1.165, 1.54) is 13.2 Å². The molecule has 0 bridgehead atoms. The smallest absolute Gasteiger partial charge is 0.341 e. The lowest BCUT2D eigenvalue weighted by atomic mass is 10.1. The fraction of sp³-hybridized carbons (Fsp3) is 0.111. The predicted molar refractivity (Wildman–Crippen MR) is 111 cm³/mol. The number of rotatable bonds is 5. The molecule has 150 valence electrons. The highest BCUT2D eigenvalue weighted by atomic mass is 35.5. The Kier molecular flexibility index (Phi) is 5.92. The minimum absolute atomic E-state index is 0.0696. The van der Waals surface area contributed by atoms with Crippen LogP contribution in [0, 0.1) is 6.92 Å². The summed E-state index contributed by atoms with van der Waals surface area (Å²) in [7, 11) is 1.20. The highest BCUT2D eigenvalue weighted by Gasteiger charge is 2.26. The van der Waals surface area contributed by atoms with E-state index in [1.807, 2.05) is 0 Å². The topological polar surface area (TPSA) is 127 Å². The van der Waals surface area contributed by atoms with Crippen LogP contribution in [0.4, 0.5) is 5.00 Å². The van der Waals surface area contributed by atoms with Crippen LogP contribution >= 0.6 is 34.5 Å². The van der Waals surface area contributed by atoms with Gasteiger partial charge in [-0.2, -0.15) is 5.10 Å². The number of carbonyl (C=O) groups is 3. The molecule has 3 rings (SSSR count). The summed E-state index contributed by atoms with van der Waals surface area (Å²) in [5.41, 5.74) is 6.89. The highest BCUT2D eigenvalue weighted by molar-refractivity contribution is 7.18. The van der Waals surface area contributed by atoms with Crippen molar-refractivity contribution in [3.8, 4) is 11.3 Å². The van der Waals surface area contributed by atoms with Gasteiger partial charge in [0.25, 0.3) is 11.8 Å². The van der Waals surface area contributed by atoms with Crippen LogP contribution in [0.5, 0.6) is 0 Å². The fourth-order valence-corrected chi connectivity index (χ4v) is 4.18. The molecular formula is C18H14Cl2N4O4S. The van der Waals surface area contributed by atoms with Gasteiger partial charge in [0.15, 0.2) is 0 Å². The van der Waals surface area contributed by atoms with Crippen LogP contribution in [0.3, 0.4) is 0 Å². The van der Waals surface area contributed by atoms with Gasteiger partial charge in [0.1, 0.15) is 10.7 Å². The number of methoxy groups -OCH3 is 1. The molecule has 0 spiro atoms. The molecule has 1 aromatic carbocycles. The molecule has 29 heavy (non-hydrogen) atoms. The Morgan fingerprint density at radius 1 is 1.24 bits per heavy atom. The zero-order valence-electron chi connectivity index (χ0n) is 15.1. The summed E-state index contributed by atoms with van der Waals surface area (Å²) in [5.74, 6) is -1.98. The van der Waals surface area contributed by atoms with Crippen molar-refractivity contribution in [3.63, 3.8) is 0 Å². The first-order valence-electron chi connectivity index (χ1n) is 8.06. The van der Waals surface area contributed by atoms with E-state index in [1.54, 1.807) is 25.1 Å². The Morgan fingerprint density at radius 3 is 2.59 bits per heavy atom. The maximum absolute atomic E-state index is 12.7. The van der Waals surface area contributed by atoms with Crippen LogP contribution in [0.1, 0.15) is 36.1 Å². The summed E-state index contributed by atoms with van der Waals surface area (Å²) in [6, 6.07) is 6.40. The summed E-state index contributed by atoms with van der Waals surface area (Å²) in [6.45, 7) is 1.55. The van der Waals surface area contributed by atoms with E-state index < -0.39 is 17.8 Å². The number of hydrogen-bond acceptors (Lipinski definition) is 6. The number of esters is 1. The molecule has 0 aliphatic heterocycles. The average molecular weight is 453 g/mol. The van der Waals surface area contributed by atoms with Crippen molar-refractivity contribution in [2.24, 2.45) is 5.73 Å². The number of ether oxygens (including phenoxy) is 1. The van der Waals surface area contributed by atoms with E-state index in [0.717, 1.165) is 11.3 Å². The minimum atomic E-state index is -0.709. The van der Waals surface area contributed by atoms with Gasteiger partial charge < -0.3 is 15.8 Å². The fourth-order valence-electron chi connectivity index (χ4n) is 2.63. The summed E-state index contributed by atoms with van der Waals surface area (Å²) in [5, 5.41) is 10.3. The van der Waals surface area contributed by atoms with Gasteiger partial charge in [-0.25, -0.2) is 4.79 Å². The molecule has 0 radical (unpaired) electrons. The first-order valence-corrected chi connectivity index (χ1v) is 9.63. The number of primary amides is 1. The van der Waals surface area contributed by atoms with Crippen LogP contribution in [0.15, 0.2) is 24.3 Å². The molecule has 4 N–H and O–H groups in total. The number of aromatic nitrogens is 2. The molecule has 11 heteroatoms. The Morgan fingerprint density at radius 2 is 1.97 bits per heavy atom. The number of nitrogens with one attached hydrogen (secondary N) is 2. The molecule has 2 aromatic heterocycles. The van der Waals surface area contributed by atoms with Gasteiger partial charge in [-0.1, -0.05) is 23.2 Å². The molecule has 0 saturated carbocycles. The van der Waals surface area contributed by atoms with Crippen LogP contribution in [0.25, 0.3) is 11.3 Å². The second-order valence-corrected chi connectivity index (χ2v) is 7.73. The second-order valence-electron chi connectivity index (χ2n) is 5.86. The molecule has 2 heterocycles. The lowest BCUT2D eigenvalue weighted by Crippen LogP contribution is -2.14. The van der Waals surface area contributed by atoms with Gasteiger partial charge in [0, 0.05) is 10.6 Å². The van der Waals surface area contributed by atoms with E-state index in [9.17, 15) is 14.4 Å². The van der Waals surface area contributed by atoms with Crippen molar-refractivity contribution in [1.29, 1.82) is 0 Å². The van der Waals surface area contributed by atoms with E-state index in [0.29, 0.717) is 26.9 Å². The Labute approximate surface area is 179 Å². The quantitative estimate of drug-likeness (QED) is 0.505. The second kappa shape index (κ2) is 8.24. The van der Waals surface area contributed by atoms with Gasteiger partial charge >= 0.3 is 5.97 Å². The third-order valence-corrected chi connectivity index (χ3v) is 5.79. The van der Waals surface area contributed by atoms with Crippen molar-refractivity contribution in [2.75, 3.05) is 12.4 Å². The average Bonchev–Trinajstić information content (AvgIpc) is 3.26. The monoisotopic (exact) mass is 452 g/mol. The molecule has 0 saturated heterocycles. The SMILES string of the molecule is COC(=O)c1c(NC(=O)c2cc(-c3ccc(Cl)cc3Cl)n[nH]2)sc(C(N)=O)c1C. The van der Waals surface area contributed by atoms with Crippen molar-refractivity contribution >= 4 is 57.3 Å². The van der Waals surface area contributed by atoms with E-state index in [4.69, 9.17) is 33.7 Å². The van der Waals surface area contributed by atoms with Crippen LogP contribution < -0.4 is 11.1 Å². The van der Waals surface area contributed by atoms with E-state index in [2.05, 4.69) is 15.5 Å². The van der Waals surface area contributed by atoms with Gasteiger partial charge in [-0.15, -0.1) is 11.3 Å². The van der Waals surface area contributed by atoms with Crippen molar-refractivity contribution < 1.29 is 19.1 Å². The number of hydrogen-bond donors (Lipinski definition) is 3. The summed E-state index contributed by atoms with van der Waals surface area (Å²) in [6.07, 6.45) is 0. The lowest BCUT2D eigenvalue weighted by molar-refractivity contribution is 0.0601. The van der Waals surface area contributed by atoms with Gasteiger partial charge in [-0.3, -0.25) is 14.7 Å². The molecule has 0 unspecified atom stereocenters. The van der Waals surface area contributed by atoms with Crippen molar-refractivity contribution in [1.82, 2.24) is 10.2 Å². The van der Waals surface area contributed by atoms with Gasteiger partial charge in [-0.05, 0) is 36.8 Å². The normalized spacial score (nSPS) is 10.6. The largest absolute Gasteiger partial charge is 0.465 e. The Bertz CT molecular complexity index is 1140. The zero-order chi connectivity index (χ0) is 21.3. The molecule has 0 atom stereocenters. The van der Waals surface area contributed by atoms with Crippen LogP contribution in [-0.2, 0) is 4.74 Å². The number of thiophene rings is 1. The number of benzene rings is 1. The molecule has 2 amide bonds. The first-order chi connectivity index (χ1) is 13.7. The molecule has 0 aliphatic rings. The standard InChI is InChI=1S/C18H14Cl2N4O4S/c1-7-13(18(27)28-2)17(29-14(7)15(21)25)22-16(26)12-6-11(23-24-12)9-4-3-8(19)5-10(9)20/h3-6H,1-2H3,(H2,21,25)(H,22,26)(H,23,24). The van der Waals surface area contributed by atoms with Gasteiger partial charge in [0.05, 0.1) is 28.3 Å². The Balaban J connectivity index is 1.92. The lowest BCUT2D eigenvalue weighted by Gasteiger charge is -2.04. The Hall–Kier alpha value is -2.88. The maximum atomic E-state index is 12.7. The highest BCUT2D eigenvalue weighted by Crippen LogP contribution is 2.34. The molecule has 0 fully saturated rings. The van der Waals surface area contributed by atoms with Gasteiger partial charge in [0.2, 0.25) is 0 Å². The number of amides is 2. The minimum Gasteiger partial charge on any atom is -0.465 e. The van der Waals surface area contributed by atoms with Crippen LogP contribution in [-0.4, -0.2) is 35.1 Å². The summed E-state index contributed by atoms with van der Waals surface area (Å²) >= 11 is 13.0. The van der Waals surface area contributed by atoms with Crippen molar-refractivity contribution in [3.05, 3.63) is 56.0 Å². The third-order valence-electron chi connectivity index (χ3n) is 4.02. The maximum Gasteiger partial charge on any atom is 0.341 e.